The van der Waals surface area contributed by atoms with E-state index in [0.29, 0.717) is 19.1 Å². The SMILES string of the molecule is CC(CCc1ccccc1OCC(O)CN(C)C)Cc1ccccc1. The number of aryl methyl sites for hydroxylation is 1. The summed E-state index contributed by atoms with van der Waals surface area (Å²) in [7, 11) is 3.90. The number of hydrogen-bond acceptors (Lipinski definition) is 3. The highest BCUT2D eigenvalue weighted by Gasteiger charge is 2.10. The van der Waals surface area contributed by atoms with Gasteiger partial charge < -0.3 is 14.7 Å². The van der Waals surface area contributed by atoms with E-state index in [9.17, 15) is 5.11 Å². The maximum absolute atomic E-state index is 9.99. The minimum absolute atomic E-state index is 0.328. The molecular formula is C22H31NO2. The van der Waals surface area contributed by atoms with Gasteiger partial charge in [0.1, 0.15) is 18.5 Å². The molecule has 0 bridgehead atoms. The van der Waals surface area contributed by atoms with E-state index in [-0.39, 0.29) is 0 Å². The van der Waals surface area contributed by atoms with Crippen molar-refractivity contribution in [2.24, 2.45) is 5.92 Å². The van der Waals surface area contributed by atoms with Crippen molar-refractivity contribution < 1.29 is 9.84 Å². The van der Waals surface area contributed by atoms with Crippen LogP contribution < -0.4 is 4.74 Å². The molecule has 0 radical (unpaired) electrons. The van der Waals surface area contributed by atoms with Crippen LogP contribution in [-0.4, -0.2) is 43.4 Å². The van der Waals surface area contributed by atoms with Gasteiger partial charge in [-0.15, -0.1) is 0 Å². The number of likely N-dealkylation sites (N-methyl/N-ethyl adjacent to an activating group) is 1. The molecule has 0 fully saturated rings. The Morgan fingerprint density at radius 3 is 2.40 bits per heavy atom. The van der Waals surface area contributed by atoms with E-state index in [1.54, 1.807) is 0 Å². The smallest absolute Gasteiger partial charge is 0.122 e. The Balaban J connectivity index is 1.85. The van der Waals surface area contributed by atoms with Gasteiger partial charge in [0, 0.05) is 6.54 Å². The summed E-state index contributed by atoms with van der Waals surface area (Å²) in [6.45, 7) is 3.24. The largest absolute Gasteiger partial charge is 0.491 e. The highest BCUT2D eigenvalue weighted by atomic mass is 16.5. The zero-order chi connectivity index (χ0) is 18.1. The Morgan fingerprint density at radius 2 is 1.68 bits per heavy atom. The quantitative estimate of drug-likeness (QED) is 0.713. The molecule has 0 heterocycles. The van der Waals surface area contributed by atoms with Crippen molar-refractivity contribution in [3.8, 4) is 5.75 Å². The van der Waals surface area contributed by atoms with E-state index in [4.69, 9.17) is 4.74 Å². The van der Waals surface area contributed by atoms with Gasteiger partial charge in [-0.05, 0) is 56.5 Å². The molecule has 136 valence electrons. The van der Waals surface area contributed by atoms with E-state index >= 15 is 0 Å². The molecule has 0 amide bonds. The predicted octanol–water partition coefficient (Wildman–Crippen LogP) is 3.80. The van der Waals surface area contributed by atoms with Gasteiger partial charge in [0.2, 0.25) is 0 Å². The van der Waals surface area contributed by atoms with Crippen LogP contribution in [0.3, 0.4) is 0 Å². The van der Waals surface area contributed by atoms with Crippen LogP contribution in [0, 0.1) is 5.92 Å². The summed E-state index contributed by atoms with van der Waals surface area (Å²) in [6, 6.07) is 18.8. The van der Waals surface area contributed by atoms with Crippen LogP contribution in [0.15, 0.2) is 54.6 Å². The van der Waals surface area contributed by atoms with E-state index in [1.165, 1.54) is 11.1 Å². The molecule has 0 aliphatic rings. The molecule has 2 atom stereocenters. The van der Waals surface area contributed by atoms with Crippen molar-refractivity contribution in [2.45, 2.75) is 32.3 Å². The van der Waals surface area contributed by atoms with Crippen molar-refractivity contribution >= 4 is 0 Å². The lowest BCUT2D eigenvalue weighted by Crippen LogP contribution is -2.30. The number of aliphatic hydroxyl groups is 1. The molecule has 2 aromatic rings. The topological polar surface area (TPSA) is 32.7 Å². The number of hydrogen-bond donors (Lipinski definition) is 1. The Morgan fingerprint density at radius 1 is 1.00 bits per heavy atom. The van der Waals surface area contributed by atoms with Crippen LogP contribution in [0.2, 0.25) is 0 Å². The van der Waals surface area contributed by atoms with Crippen molar-refractivity contribution in [1.82, 2.24) is 4.90 Å². The molecule has 1 N–H and O–H groups in total. The molecule has 0 aromatic heterocycles. The number of ether oxygens (including phenoxy) is 1. The summed E-state index contributed by atoms with van der Waals surface area (Å²) in [4.78, 5) is 1.96. The predicted molar refractivity (Wildman–Crippen MR) is 104 cm³/mol. The summed E-state index contributed by atoms with van der Waals surface area (Å²) in [6.07, 6.45) is 2.74. The van der Waals surface area contributed by atoms with Gasteiger partial charge in [0.25, 0.3) is 0 Å². The fourth-order valence-corrected chi connectivity index (χ4v) is 3.03. The van der Waals surface area contributed by atoms with Gasteiger partial charge in [0.05, 0.1) is 0 Å². The van der Waals surface area contributed by atoms with E-state index in [2.05, 4.69) is 49.4 Å². The fourth-order valence-electron chi connectivity index (χ4n) is 3.03. The van der Waals surface area contributed by atoms with Crippen LogP contribution in [0.4, 0.5) is 0 Å². The first-order chi connectivity index (χ1) is 12.0. The maximum Gasteiger partial charge on any atom is 0.122 e. The van der Waals surface area contributed by atoms with Gasteiger partial charge in [0.15, 0.2) is 0 Å². The number of rotatable bonds is 10. The van der Waals surface area contributed by atoms with Gasteiger partial charge >= 0.3 is 0 Å². The Kier molecular flexibility index (Phi) is 7.96. The van der Waals surface area contributed by atoms with Crippen molar-refractivity contribution in [2.75, 3.05) is 27.2 Å². The average Bonchev–Trinajstić information content (AvgIpc) is 2.59. The second kappa shape index (κ2) is 10.2. The molecule has 0 aliphatic heterocycles. The van der Waals surface area contributed by atoms with Crippen LogP contribution in [0.5, 0.6) is 5.75 Å². The van der Waals surface area contributed by atoms with Gasteiger partial charge in [-0.1, -0.05) is 55.5 Å². The van der Waals surface area contributed by atoms with Gasteiger partial charge in [-0.2, -0.15) is 0 Å². The molecule has 2 unspecified atom stereocenters. The molecule has 25 heavy (non-hydrogen) atoms. The zero-order valence-electron chi connectivity index (χ0n) is 15.7. The summed E-state index contributed by atoms with van der Waals surface area (Å²) in [5.74, 6) is 1.52. The Hall–Kier alpha value is -1.84. The third kappa shape index (κ3) is 7.29. The average molecular weight is 341 g/mol. The molecule has 0 saturated carbocycles. The van der Waals surface area contributed by atoms with Crippen LogP contribution in [0.1, 0.15) is 24.5 Å². The normalized spacial score (nSPS) is 13.6. The van der Waals surface area contributed by atoms with Crippen molar-refractivity contribution in [3.05, 3.63) is 65.7 Å². The van der Waals surface area contributed by atoms with Gasteiger partial charge in [-0.25, -0.2) is 0 Å². The van der Waals surface area contributed by atoms with E-state index in [1.807, 2.05) is 31.1 Å². The number of nitrogens with zero attached hydrogens (tertiary/aromatic N) is 1. The molecule has 2 rings (SSSR count). The number of aliphatic hydroxyl groups excluding tert-OH is 1. The van der Waals surface area contributed by atoms with Crippen LogP contribution in [-0.2, 0) is 12.8 Å². The monoisotopic (exact) mass is 341 g/mol. The first-order valence-corrected chi connectivity index (χ1v) is 9.12. The molecule has 0 aliphatic carbocycles. The molecular weight excluding hydrogens is 310 g/mol. The second-order valence-corrected chi connectivity index (χ2v) is 7.17. The third-order valence-corrected chi connectivity index (χ3v) is 4.31. The van der Waals surface area contributed by atoms with Crippen LogP contribution in [0.25, 0.3) is 0 Å². The fraction of sp³-hybridized carbons (Fsp3) is 0.455. The zero-order valence-corrected chi connectivity index (χ0v) is 15.7. The maximum atomic E-state index is 9.99. The van der Waals surface area contributed by atoms with E-state index in [0.717, 1.165) is 25.0 Å². The molecule has 3 nitrogen and oxygen atoms in total. The molecule has 0 spiro atoms. The lowest BCUT2D eigenvalue weighted by molar-refractivity contribution is 0.0826. The molecule has 2 aromatic carbocycles. The Labute approximate surface area is 152 Å². The molecule has 3 heteroatoms. The summed E-state index contributed by atoms with van der Waals surface area (Å²) < 4.78 is 5.87. The summed E-state index contributed by atoms with van der Waals surface area (Å²) in [5.41, 5.74) is 2.62. The molecule has 0 saturated heterocycles. The minimum Gasteiger partial charge on any atom is -0.491 e. The Bertz CT molecular complexity index is 612. The third-order valence-electron chi connectivity index (χ3n) is 4.31. The number of para-hydroxylation sites is 1. The van der Waals surface area contributed by atoms with Crippen molar-refractivity contribution in [3.63, 3.8) is 0 Å². The standard InChI is InChI=1S/C22H31NO2/c1-18(15-19-9-5-4-6-10-19)13-14-20-11-7-8-12-22(20)25-17-21(24)16-23(2)3/h4-12,18,21,24H,13-17H2,1-3H3. The van der Waals surface area contributed by atoms with Gasteiger partial charge in [-0.3, -0.25) is 0 Å². The first kappa shape index (κ1) is 19.5. The van der Waals surface area contributed by atoms with Crippen LogP contribution >= 0.6 is 0 Å². The lowest BCUT2D eigenvalue weighted by atomic mass is 9.94. The van der Waals surface area contributed by atoms with E-state index < -0.39 is 6.10 Å². The second-order valence-electron chi connectivity index (χ2n) is 7.17. The highest BCUT2D eigenvalue weighted by Crippen LogP contribution is 2.22. The summed E-state index contributed by atoms with van der Waals surface area (Å²) >= 11 is 0. The first-order valence-electron chi connectivity index (χ1n) is 9.12. The number of benzene rings is 2. The van der Waals surface area contributed by atoms with Crippen molar-refractivity contribution in [1.29, 1.82) is 0 Å². The highest BCUT2D eigenvalue weighted by molar-refractivity contribution is 5.33. The minimum atomic E-state index is -0.472. The summed E-state index contributed by atoms with van der Waals surface area (Å²) in [5, 5.41) is 9.99. The lowest BCUT2D eigenvalue weighted by Gasteiger charge is -2.18.